The van der Waals surface area contributed by atoms with Gasteiger partial charge >= 0.3 is 5.97 Å². The Balaban J connectivity index is 1.71. The van der Waals surface area contributed by atoms with Crippen molar-refractivity contribution >= 4 is 34.3 Å². The van der Waals surface area contributed by atoms with E-state index in [4.69, 9.17) is 9.47 Å². The summed E-state index contributed by atoms with van der Waals surface area (Å²) in [4.78, 5) is 26.0. The smallest absolute Gasteiger partial charge is 0.341 e. The minimum atomic E-state index is -0.390. The van der Waals surface area contributed by atoms with Crippen LogP contribution in [0.5, 0.6) is 5.75 Å². The first-order valence-electron chi connectivity index (χ1n) is 9.96. The van der Waals surface area contributed by atoms with Crippen LogP contribution in [-0.2, 0) is 22.4 Å². The Morgan fingerprint density at radius 2 is 2.03 bits per heavy atom. The molecule has 3 rings (SSSR count). The van der Waals surface area contributed by atoms with E-state index in [1.54, 1.807) is 6.08 Å². The van der Waals surface area contributed by atoms with Gasteiger partial charge in [-0.2, -0.15) is 0 Å². The average molecular weight is 414 g/mol. The highest BCUT2D eigenvalue weighted by atomic mass is 32.1. The molecule has 1 N–H and O–H groups in total. The van der Waals surface area contributed by atoms with E-state index in [0.29, 0.717) is 23.1 Å². The van der Waals surface area contributed by atoms with Gasteiger partial charge in [0.15, 0.2) is 0 Å². The van der Waals surface area contributed by atoms with Crippen LogP contribution in [0.15, 0.2) is 30.3 Å². The normalized spacial score (nSPS) is 15.8. The SMILES string of the molecule is CCCOc1ccc(C=CC(=O)Nc2sc3c(c2C(=O)OC)CCC(C)C3)cc1. The van der Waals surface area contributed by atoms with E-state index in [-0.39, 0.29) is 11.9 Å². The van der Waals surface area contributed by atoms with Gasteiger partial charge in [0.1, 0.15) is 10.8 Å². The largest absolute Gasteiger partial charge is 0.494 e. The number of fused-ring (bicyclic) bond motifs is 1. The van der Waals surface area contributed by atoms with Crippen molar-refractivity contribution in [3.8, 4) is 5.75 Å². The Hall–Kier alpha value is -2.60. The quantitative estimate of drug-likeness (QED) is 0.507. The van der Waals surface area contributed by atoms with Crippen LogP contribution in [0.25, 0.3) is 6.08 Å². The van der Waals surface area contributed by atoms with Gasteiger partial charge in [0.25, 0.3) is 0 Å². The molecule has 0 saturated carbocycles. The Labute approximate surface area is 175 Å². The van der Waals surface area contributed by atoms with Crippen molar-refractivity contribution in [2.45, 2.75) is 39.5 Å². The predicted octanol–water partition coefficient (Wildman–Crippen LogP) is 5.10. The molecule has 0 spiro atoms. The maximum atomic E-state index is 12.5. The number of rotatable bonds is 7. The first-order chi connectivity index (χ1) is 14.0. The van der Waals surface area contributed by atoms with Crippen molar-refractivity contribution in [2.24, 2.45) is 5.92 Å². The summed E-state index contributed by atoms with van der Waals surface area (Å²) in [6.45, 7) is 4.95. The number of benzene rings is 1. The topological polar surface area (TPSA) is 64.6 Å². The molecule has 0 saturated heterocycles. The summed E-state index contributed by atoms with van der Waals surface area (Å²) in [5.41, 5.74) is 2.44. The van der Waals surface area contributed by atoms with Crippen LogP contribution in [-0.4, -0.2) is 25.6 Å². The highest BCUT2D eigenvalue weighted by Gasteiger charge is 2.28. The van der Waals surface area contributed by atoms with Crippen molar-refractivity contribution in [3.63, 3.8) is 0 Å². The highest BCUT2D eigenvalue weighted by molar-refractivity contribution is 7.17. The lowest BCUT2D eigenvalue weighted by atomic mass is 9.88. The van der Waals surface area contributed by atoms with Crippen molar-refractivity contribution in [2.75, 3.05) is 19.0 Å². The van der Waals surface area contributed by atoms with Crippen molar-refractivity contribution in [1.82, 2.24) is 0 Å². The zero-order chi connectivity index (χ0) is 20.8. The second-order valence-corrected chi connectivity index (χ2v) is 8.39. The third-order valence-electron chi connectivity index (χ3n) is 4.92. The molecule has 5 nitrogen and oxygen atoms in total. The lowest BCUT2D eigenvalue weighted by molar-refractivity contribution is -0.111. The standard InChI is InChI=1S/C23H27NO4S/c1-4-13-28-17-9-6-16(7-10-17)8-12-20(25)24-22-21(23(26)27-3)18-11-5-15(2)14-19(18)29-22/h6-10,12,15H,4-5,11,13-14H2,1-3H3,(H,24,25). The van der Waals surface area contributed by atoms with Gasteiger partial charge < -0.3 is 14.8 Å². The molecule has 0 radical (unpaired) electrons. The molecule has 29 heavy (non-hydrogen) atoms. The minimum absolute atomic E-state index is 0.270. The summed E-state index contributed by atoms with van der Waals surface area (Å²) in [5.74, 6) is 0.737. The van der Waals surface area contributed by atoms with Gasteiger partial charge in [-0.25, -0.2) is 4.79 Å². The van der Waals surface area contributed by atoms with Crippen LogP contribution in [0, 0.1) is 5.92 Å². The fourth-order valence-corrected chi connectivity index (χ4v) is 4.78. The molecule has 1 aliphatic carbocycles. The summed E-state index contributed by atoms with van der Waals surface area (Å²) < 4.78 is 10.5. The molecule has 1 amide bonds. The van der Waals surface area contributed by atoms with Gasteiger partial charge in [-0.15, -0.1) is 11.3 Å². The number of nitrogens with one attached hydrogen (secondary N) is 1. The molecule has 0 bridgehead atoms. The van der Waals surface area contributed by atoms with E-state index in [1.165, 1.54) is 29.4 Å². The van der Waals surface area contributed by atoms with Gasteiger partial charge in [0.2, 0.25) is 5.91 Å². The Morgan fingerprint density at radius 1 is 1.28 bits per heavy atom. The van der Waals surface area contributed by atoms with E-state index in [2.05, 4.69) is 19.2 Å². The summed E-state index contributed by atoms with van der Waals surface area (Å²) >= 11 is 1.49. The molecule has 1 atom stereocenters. The Kier molecular flexibility index (Phi) is 7.09. The van der Waals surface area contributed by atoms with Gasteiger partial charge in [-0.1, -0.05) is 26.0 Å². The van der Waals surface area contributed by atoms with Crippen LogP contribution in [0.3, 0.4) is 0 Å². The molecule has 154 valence electrons. The first kappa shape index (κ1) is 21.1. The van der Waals surface area contributed by atoms with Gasteiger partial charge in [0.05, 0.1) is 19.3 Å². The molecule has 1 unspecified atom stereocenters. The highest BCUT2D eigenvalue weighted by Crippen LogP contribution is 2.40. The number of amides is 1. The van der Waals surface area contributed by atoms with E-state index >= 15 is 0 Å². The summed E-state index contributed by atoms with van der Waals surface area (Å²) in [6, 6.07) is 7.58. The second kappa shape index (κ2) is 9.74. The molecular weight excluding hydrogens is 386 g/mol. The fourth-order valence-electron chi connectivity index (χ4n) is 3.38. The van der Waals surface area contributed by atoms with Crippen LogP contribution in [0.2, 0.25) is 0 Å². The maximum absolute atomic E-state index is 12.5. The number of esters is 1. The van der Waals surface area contributed by atoms with Crippen molar-refractivity contribution in [3.05, 3.63) is 51.9 Å². The molecule has 0 aliphatic heterocycles. The number of carbonyl (C=O) groups excluding carboxylic acids is 2. The molecule has 1 aliphatic rings. The zero-order valence-corrected chi connectivity index (χ0v) is 17.9. The van der Waals surface area contributed by atoms with Crippen LogP contribution in [0.1, 0.15) is 53.1 Å². The number of methoxy groups -OCH3 is 1. The Bertz CT molecular complexity index is 898. The number of thiophene rings is 1. The number of carbonyl (C=O) groups is 2. The number of anilines is 1. The van der Waals surface area contributed by atoms with E-state index in [0.717, 1.165) is 42.6 Å². The second-order valence-electron chi connectivity index (χ2n) is 7.29. The number of hydrogen-bond acceptors (Lipinski definition) is 5. The summed E-state index contributed by atoms with van der Waals surface area (Å²) in [5, 5.41) is 3.45. The molecular formula is C23H27NO4S. The lowest BCUT2D eigenvalue weighted by Gasteiger charge is -2.18. The van der Waals surface area contributed by atoms with E-state index in [1.807, 2.05) is 24.3 Å². The van der Waals surface area contributed by atoms with E-state index in [9.17, 15) is 9.59 Å². The number of hydrogen-bond donors (Lipinski definition) is 1. The third kappa shape index (κ3) is 5.26. The summed E-state index contributed by atoms with van der Waals surface area (Å²) in [6.07, 6.45) is 6.99. The molecule has 1 aromatic heterocycles. The molecule has 1 aromatic carbocycles. The maximum Gasteiger partial charge on any atom is 0.341 e. The first-order valence-corrected chi connectivity index (χ1v) is 10.8. The van der Waals surface area contributed by atoms with Crippen molar-refractivity contribution < 1.29 is 19.1 Å². The van der Waals surface area contributed by atoms with Gasteiger partial charge in [0, 0.05) is 11.0 Å². The molecule has 0 fully saturated rings. The Morgan fingerprint density at radius 3 is 2.72 bits per heavy atom. The summed E-state index contributed by atoms with van der Waals surface area (Å²) in [7, 11) is 1.37. The zero-order valence-electron chi connectivity index (χ0n) is 17.1. The van der Waals surface area contributed by atoms with Crippen LogP contribution < -0.4 is 10.1 Å². The molecule has 6 heteroatoms. The molecule has 2 aromatic rings. The van der Waals surface area contributed by atoms with Gasteiger partial charge in [-0.3, -0.25) is 4.79 Å². The van der Waals surface area contributed by atoms with Crippen LogP contribution >= 0.6 is 11.3 Å². The lowest BCUT2D eigenvalue weighted by Crippen LogP contribution is -2.14. The van der Waals surface area contributed by atoms with Gasteiger partial charge in [-0.05, 0) is 60.9 Å². The van der Waals surface area contributed by atoms with E-state index < -0.39 is 0 Å². The third-order valence-corrected chi connectivity index (χ3v) is 6.09. The fraction of sp³-hybridized carbons (Fsp3) is 0.391. The van der Waals surface area contributed by atoms with Crippen molar-refractivity contribution in [1.29, 1.82) is 0 Å². The predicted molar refractivity (Wildman–Crippen MR) is 117 cm³/mol. The number of ether oxygens (including phenoxy) is 2. The average Bonchev–Trinajstić information content (AvgIpc) is 3.07. The minimum Gasteiger partial charge on any atom is -0.494 e. The monoisotopic (exact) mass is 413 g/mol. The van der Waals surface area contributed by atoms with Crippen LogP contribution in [0.4, 0.5) is 5.00 Å². The molecule has 1 heterocycles.